The fraction of sp³-hybridized carbons (Fsp3) is 0.407. The van der Waals surface area contributed by atoms with Crippen molar-refractivity contribution in [1.82, 2.24) is 10.2 Å². The minimum atomic E-state index is -0.656. The van der Waals surface area contributed by atoms with Crippen LogP contribution in [0.4, 0.5) is 0 Å². The smallest absolute Gasteiger partial charge is 0.245 e. The second-order valence-corrected chi connectivity index (χ2v) is 8.79. The molecule has 2 aliphatic rings. The lowest BCUT2D eigenvalue weighted by atomic mass is 10.0. The lowest BCUT2D eigenvalue weighted by Gasteiger charge is -2.24. The maximum absolute atomic E-state index is 13.1. The van der Waals surface area contributed by atoms with E-state index in [9.17, 15) is 14.4 Å². The van der Waals surface area contributed by atoms with Gasteiger partial charge in [0.05, 0.1) is 6.54 Å². The number of amides is 2. The van der Waals surface area contributed by atoms with Crippen LogP contribution >= 0.6 is 0 Å². The highest BCUT2D eigenvalue weighted by molar-refractivity contribution is 5.88. The molecule has 2 aliphatic heterocycles. The molecule has 35 heavy (non-hydrogen) atoms. The van der Waals surface area contributed by atoms with Crippen LogP contribution in [0.5, 0.6) is 0 Å². The molecule has 0 radical (unpaired) electrons. The summed E-state index contributed by atoms with van der Waals surface area (Å²) in [6, 6.07) is 16.3. The largest absolute Gasteiger partial charge is 0.449 e. The number of benzene rings is 2. The molecular formula is C27H31N3O5. The molecule has 2 unspecified atom stereocenters. The molecule has 2 saturated heterocycles. The summed E-state index contributed by atoms with van der Waals surface area (Å²) < 4.78 is 11.4. The van der Waals surface area contributed by atoms with Crippen LogP contribution in [-0.2, 0) is 31.9 Å². The van der Waals surface area contributed by atoms with Crippen LogP contribution in [0.25, 0.3) is 0 Å². The SMILES string of the molecule is O=Cc1ccc(CC(NC(=O)CCN=C2COC(Cc3ccccc3)O2)C(=O)N2CCCC2)cc1. The van der Waals surface area contributed by atoms with Gasteiger partial charge in [-0.25, -0.2) is 0 Å². The summed E-state index contributed by atoms with van der Waals surface area (Å²) in [5, 5.41) is 2.90. The molecule has 2 atom stereocenters. The van der Waals surface area contributed by atoms with E-state index in [1.165, 1.54) is 0 Å². The summed E-state index contributed by atoms with van der Waals surface area (Å²) in [6.45, 7) is 1.96. The fourth-order valence-corrected chi connectivity index (χ4v) is 4.25. The third-order valence-corrected chi connectivity index (χ3v) is 6.14. The lowest BCUT2D eigenvalue weighted by Crippen LogP contribution is -2.49. The molecule has 8 heteroatoms. The number of nitrogens with one attached hydrogen (secondary N) is 1. The first kappa shape index (κ1) is 24.6. The first-order chi connectivity index (χ1) is 17.1. The molecule has 2 amide bonds. The fourth-order valence-electron chi connectivity index (χ4n) is 4.25. The topological polar surface area (TPSA) is 97.3 Å². The van der Waals surface area contributed by atoms with E-state index in [0.717, 1.165) is 30.3 Å². The molecule has 2 fully saturated rings. The van der Waals surface area contributed by atoms with Gasteiger partial charge in [-0.2, -0.15) is 0 Å². The number of likely N-dealkylation sites (tertiary alicyclic amines) is 1. The van der Waals surface area contributed by atoms with Crippen LogP contribution < -0.4 is 5.32 Å². The Morgan fingerprint density at radius 2 is 1.80 bits per heavy atom. The van der Waals surface area contributed by atoms with Gasteiger partial charge in [-0.3, -0.25) is 19.4 Å². The number of aldehydes is 1. The number of ether oxygens (including phenoxy) is 2. The lowest BCUT2D eigenvalue weighted by molar-refractivity contribution is -0.135. The highest BCUT2D eigenvalue weighted by Gasteiger charge is 2.28. The Kier molecular flexibility index (Phi) is 8.62. The summed E-state index contributed by atoms with van der Waals surface area (Å²) in [4.78, 5) is 42.8. The van der Waals surface area contributed by atoms with E-state index in [-0.39, 0.29) is 37.7 Å². The Morgan fingerprint density at radius 3 is 2.51 bits per heavy atom. The number of aliphatic imine (C=N–C) groups is 1. The van der Waals surface area contributed by atoms with Gasteiger partial charge in [0, 0.05) is 37.9 Å². The van der Waals surface area contributed by atoms with E-state index in [2.05, 4.69) is 10.3 Å². The number of hydrogen-bond acceptors (Lipinski definition) is 6. The van der Waals surface area contributed by atoms with Gasteiger partial charge in [-0.05, 0) is 24.0 Å². The molecule has 2 aromatic carbocycles. The predicted octanol–water partition coefficient (Wildman–Crippen LogP) is 2.55. The van der Waals surface area contributed by atoms with Gasteiger partial charge in [0.15, 0.2) is 0 Å². The van der Waals surface area contributed by atoms with Crippen molar-refractivity contribution < 1.29 is 23.9 Å². The second kappa shape index (κ2) is 12.3. The minimum absolute atomic E-state index is 0.0714. The summed E-state index contributed by atoms with van der Waals surface area (Å²) in [6.07, 6.45) is 3.50. The maximum Gasteiger partial charge on any atom is 0.245 e. The van der Waals surface area contributed by atoms with Gasteiger partial charge in [0.2, 0.25) is 24.0 Å². The first-order valence-corrected chi connectivity index (χ1v) is 12.1. The third-order valence-electron chi connectivity index (χ3n) is 6.14. The average Bonchev–Trinajstić information content (AvgIpc) is 3.57. The number of rotatable bonds is 10. The maximum atomic E-state index is 13.1. The number of carbonyl (C=O) groups is 3. The van der Waals surface area contributed by atoms with Crippen LogP contribution in [0.2, 0.25) is 0 Å². The van der Waals surface area contributed by atoms with Crippen molar-refractivity contribution in [3.8, 4) is 0 Å². The van der Waals surface area contributed by atoms with Gasteiger partial charge >= 0.3 is 0 Å². The minimum Gasteiger partial charge on any atom is -0.449 e. The third kappa shape index (κ3) is 7.23. The summed E-state index contributed by atoms with van der Waals surface area (Å²) in [7, 11) is 0. The molecule has 8 nitrogen and oxygen atoms in total. The van der Waals surface area contributed by atoms with Crippen molar-refractivity contribution in [3.05, 3.63) is 71.3 Å². The van der Waals surface area contributed by atoms with E-state index >= 15 is 0 Å². The Hall–Kier alpha value is -3.52. The Bertz CT molecular complexity index is 1030. The second-order valence-electron chi connectivity index (χ2n) is 8.79. The van der Waals surface area contributed by atoms with Crippen LogP contribution in [0.3, 0.4) is 0 Å². The predicted molar refractivity (Wildman–Crippen MR) is 131 cm³/mol. The van der Waals surface area contributed by atoms with Crippen molar-refractivity contribution in [3.63, 3.8) is 0 Å². The van der Waals surface area contributed by atoms with Crippen molar-refractivity contribution in [1.29, 1.82) is 0 Å². The summed E-state index contributed by atoms with van der Waals surface area (Å²) in [5.41, 5.74) is 2.57. The van der Waals surface area contributed by atoms with Crippen molar-refractivity contribution in [2.45, 2.75) is 44.4 Å². The number of carbonyl (C=O) groups excluding carboxylic acids is 3. The average molecular weight is 478 g/mol. The van der Waals surface area contributed by atoms with Gasteiger partial charge < -0.3 is 19.7 Å². The van der Waals surface area contributed by atoms with E-state index in [4.69, 9.17) is 9.47 Å². The Morgan fingerprint density at radius 1 is 1.06 bits per heavy atom. The highest BCUT2D eigenvalue weighted by atomic mass is 16.7. The van der Waals surface area contributed by atoms with Gasteiger partial charge in [-0.1, -0.05) is 54.6 Å². The molecule has 184 valence electrons. The van der Waals surface area contributed by atoms with Crippen LogP contribution in [-0.4, -0.2) is 67.5 Å². The van der Waals surface area contributed by atoms with E-state index in [1.807, 2.05) is 47.4 Å². The summed E-state index contributed by atoms with van der Waals surface area (Å²) in [5.74, 6) is 0.174. The molecule has 0 saturated carbocycles. The van der Waals surface area contributed by atoms with Gasteiger partial charge in [0.25, 0.3) is 0 Å². The molecule has 0 spiro atoms. The van der Waals surface area contributed by atoms with Gasteiger partial charge in [-0.15, -0.1) is 0 Å². The monoisotopic (exact) mass is 477 g/mol. The molecule has 4 rings (SSSR count). The molecule has 0 bridgehead atoms. The normalized spacial score (nSPS) is 19.4. The number of hydrogen-bond donors (Lipinski definition) is 1. The van der Waals surface area contributed by atoms with Crippen molar-refractivity contribution in [2.75, 3.05) is 26.2 Å². The standard InChI is InChI=1S/C27H31N3O5/c31-18-22-10-8-21(9-11-22)16-23(27(33)30-14-4-5-15-30)29-24(32)12-13-28-25-19-34-26(35-25)17-20-6-2-1-3-7-20/h1-3,6-11,18,23,26H,4-5,12-17,19H2,(H,29,32). The van der Waals surface area contributed by atoms with E-state index in [1.54, 1.807) is 12.1 Å². The zero-order valence-corrected chi connectivity index (χ0v) is 19.7. The van der Waals surface area contributed by atoms with Crippen molar-refractivity contribution in [2.24, 2.45) is 4.99 Å². The van der Waals surface area contributed by atoms with Gasteiger partial charge in [0.1, 0.15) is 18.9 Å². The Balaban J connectivity index is 1.29. The zero-order valence-electron chi connectivity index (χ0n) is 19.7. The molecule has 2 heterocycles. The van der Waals surface area contributed by atoms with Crippen LogP contribution in [0.1, 0.15) is 40.7 Å². The highest BCUT2D eigenvalue weighted by Crippen LogP contribution is 2.15. The Labute approximate surface area is 205 Å². The molecule has 0 aliphatic carbocycles. The first-order valence-electron chi connectivity index (χ1n) is 12.1. The van der Waals surface area contributed by atoms with Crippen LogP contribution in [0.15, 0.2) is 59.6 Å². The zero-order chi connectivity index (χ0) is 24.5. The van der Waals surface area contributed by atoms with Crippen LogP contribution in [0, 0.1) is 0 Å². The van der Waals surface area contributed by atoms with E-state index < -0.39 is 6.04 Å². The van der Waals surface area contributed by atoms with E-state index in [0.29, 0.717) is 37.4 Å². The molecular weight excluding hydrogens is 446 g/mol. The molecule has 0 aromatic heterocycles. The molecule has 2 aromatic rings. The molecule has 1 N–H and O–H groups in total. The number of nitrogens with zero attached hydrogens (tertiary/aromatic N) is 2. The summed E-state index contributed by atoms with van der Waals surface area (Å²) >= 11 is 0. The quantitative estimate of drug-likeness (QED) is 0.531. The van der Waals surface area contributed by atoms with Crippen molar-refractivity contribution >= 4 is 24.0 Å².